The minimum absolute atomic E-state index is 0.432. The molecular weight excluding hydrogens is 206 g/mol. The lowest BCUT2D eigenvalue weighted by Gasteiger charge is -2.14. The van der Waals surface area contributed by atoms with E-state index in [9.17, 15) is 0 Å². The smallest absolute Gasteiger partial charge is 0.133 e. The first-order valence-electron chi connectivity index (χ1n) is 4.93. The van der Waals surface area contributed by atoms with Gasteiger partial charge in [-0.15, -0.1) is 0 Å². The molecule has 1 aromatic rings. The Morgan fingerprint density at radius 1 is 1.47 bits per heavy atom. The van der Waals surface area contributed by atoms with Gasteiger partial charge < -0.3 is 4.74 Å². The fourth-order valence-electron chi connectivity index (χ4n) is 1.51. The zero-order valence-electron chi connectivity index (χ0n) is 9.06. The Bertz CT molecular complexity index is 346. The van der Waals surface area contributed by atoms with Gasteiger partial charge in [0.2, 0.25) is 0 Å². The fourth-order valence-corrected chi connectivity index (χ4v) is 2.07. The van der Waals surface area contributed by atoms with E-state index in [1.54, 1.807) is 7.11 Å². The van der Waals surface area contributed by atoms with E-state index in [0.29, 0.717) is 5.92 Å². The van der Waals surface area contributed by atoms with Gasteiger partial charge in [0.05, 0.1) is 7.11 Å². The SMILES string of the molecule is COc1ccccc1C(C)CCSC#N. The first-order valence-corrected chi connectivity index (χ1v) is 5.92. The van der Waals surface area contributed by atoms with Gasteiger partial charge >= 0.3 is 0 Å². The molecule has 80 valence electrons. The van der Waals surface area contributed by atoms with E-state index in [1.165, 1.54) is 17.3 Å². The van der Waals surface area contributed by atoms with E-state index in [1.807, 2.05) is 18.2 Å². The van der Waals surface area contributed by atoms with Crippen molar-refractivity contribution in [3.63, 3.8) is 0 Å². The van der Waals surface area contributed by atoms with E-state index < -0.39 is 0 Å². The summed E-state index contributed by atoms with van der Waals surface area (Å²) in [6.07, 6.45) is 0.999. The zero-order valence-corrected chi connectivity index (χ0v) is 9.88. The maximum atomic E-state index is 8.44. The Kier molecular flexibility index (Phi) is 5.06. The Morgan fingerprint density at radius 2 is 2.20 bits per heavy atom. The molecule has 0 aliphatic heterocycles. The van der Waals surface area contributed by atoms with Gasteiger partial charge in [0.1, 0.15) is 11.2 Å². The van der Waals surface area contributed by atoms with Crippen molar-refractivity contribution in [2.75, 3.05) is 12.9 Å². The molecule has 0 radical (unpaired) electrons. The third-order valence-corrected chi connectivity index (χ3v) is 2.96. The summed E-state index contributed by atoms with van der Waals surface area (Å²) in [4.78, 5) is 0. The maximum Gasteiger partial charge on any atom is 0.133 e. The number of thioether (sulfide) groups is 1. The molecule has 0 aliphatic carbocycles. The quantitative estimate of drug-likeness (QED) is 0.564. The molecule has 0 spiro atoms. The van der Waals surface area contributed by atoms with Crippen LogP contribution in [0.1, 0.15) is 24.8 Å². The van der Waals surface area contributed by atoms with Crippen LogP contribution >= 0.6 is 11.8 Å². The summed E-state index contributed by atoms with van der Waals surface area (Å²) < 4.78 is 5.30. The van der Waals surface area contributed by atoms with E-state index in [0.717, 1.165) is 17.9 Å². The highest BCUT2D eigenvalue weighted by molar-refractivity contribution is 8.03. The molecule has 15 heavy (non-hydrogen) atoms. The lowest BCUT2D eigenvalue weighted by atomic mass is 9.98. The normalized spacial score (nSPS) is 11.8. The van der Waals surface area contributed by atoms with Crippen LogP contribution in [0.25, 0.3) is 0 Å². The average Bonchev–Trinajstić information content (AvgIpc) is 2.29. The van der Waals surface area contributed by atoms with Gasteiger partial charge in [0, 0.05) is 5.75 Å². The highest BCUT2D eigenvalue weighted by Crippen LogP contribution is 2.29. The number of ether oxygens (including phenoxy) is 1. The van der Waals surface area contributed by atoms with Gasteiger partial charge in [0.15, 0.2) is 0 Å². The molecule has 0 N–H and O–H groups in total. The first-order chi connectivity index (χ1) is 7.29. The van der Waals surface area contributed by atoms with Crippen LogP contribution < -0.4 is 4.74 Å². The summed E-state index contributed by atoms with van der Waals surface area (Å²) in [5.41, 5.74) is 1.22. The van der Waals surface area contributed by atoms with Gasteiger partial charge in [-0.25, -0.2) is 0 Å². The average molecular weight is 221 g/mol. The summed E-state index contributed by atoms with van der Waals surface area (Å²) in [6.45, 7) is 2.16. The summed E-state index contributed by atoms with van der Waals surface area (Å²) in [6, 6.07) is 8.05. The van der Waals surface area contributed by atoms with Crippen LogP contribution in [0.2, 0.25) is 0 Å². The largest absolute Gasteiger partial charge is 0.496 e. The number of nitrogens with zero attached hydrogens (tertiary/aromatic N) is 1. The summed E-state index contributed by atoms with van der Waals surface area (Å²) in [5.74, 6) is 2.24. The lowest BCUT2D eigenvalue weighted by molar-refractivity contribution is 0.406. The van der Waals surface area contributed by atoms with E-state index >= 15 is 0 Å². The monoisotopic (exact) mass is 221 g/mol. The molecule has 0 saturated heterocycles. The molecule has 1 atom stereocenters. The third kappa shape index (κ3) is 3.49. The highest BCUT2D eigenvalue weighted by Gasteiger charge is 2.10. The van der Waals surface area contributed by atoms with Crippen molar-refractivity contribution in [1.82, 2.24) is 0 Å². The Morgan fingerprint density at radius 3 is 2.87 bits per heavy atom. The maximum absolute atomic E-state index is 8.44. The molecule has 1 unspecified atom stereocenters. The Hall–Kier alpha value is -1.14. The molecule has 3 heteroatoms. The number of hydrogen-bond acceptors (Lipinski definition) is 3. The highest BCUT2D eigenvalue weighted by atomic mass is 32.2. The number of rotatable bonds is 5. The second kappa shape index (κ2) is 6.36. The van der Waals surface area contributed by atoms with Crippen molar-refractivity contribution in [2.24, 2.45) is 0 Å². The number of nitriles is 1. The molecule has 0 fully saturated rings. The number of para-hydroxylation sites is 1. The van der Waals surface area contributed by atoms with Crippen LogP contribution in [-0.2, 0) is 0 Å². The molecule has 1 aromatic carbocycles. The molecular formula is C12H15NOS. The number of benzene rings is 1. The lowest BCUT2D eigenvalue weighted by Crippen LogP contribution is -1.98. The van der Waals surface area contributed by atoms with Gasteiger partial charge in [-0.3, -0.25) is 0 Å². The second-order valence-corrected chi connectivity index (χ2v) is 4.25. The second-order valence-electron chi connectivity index (χ2n) is 3.37. The predicted molar refractivity (Wildman–Crippen MR) is 64.1 cm³/mol. The number of hydrogen-bond donors (Lipinski definition) is 0. The predicted octanol–water partition coefficient (Wildman–Crippen LogP) is 3.40. The van der Waals surface area contributed by atoms with Crippen LogP contribution in [0.5, 0.6) is 5.75 Å². The minimum Gasteiger partial charge on any atom is -0.496 e. The van der Waals surface area contributed by atoms with Gasteiger partial charge in [-0.2, -0.15) is 5.26 Å². The van der Waals surface area contributed by atoms with Crippen LogP contribution in [0, 0.1) is 10.7 Å². The van der Waals surface area contributed by atoms with E-state index in [-0.39, 0.29) is 0 Å². The van der Waals surface area contributed by atoms with Crippen molar-refractivity contribution < 1.29 is 4.74 Å². The Labute approximate surface area is 95.3 Å². The van der Waals surface area contributed by atoms with Crippen molar-refractivity contribution >= 4 is 11.8 Å². The summed E-state index contributed by atoms with van der Waals surface area (Å²) in [5, 5.41) is 10.5. The van der Waals surface area contributed by atoms with Crippen molar-refractivity contribution in [1.29, 1.82) is 5.26 Å². The first kappa shape index (κ1) is 11.9. The van der Waals surface area contributed by atoms with Gasteiger partial charge in [-0.1, -0.05) is 25.1 Å². The third-order valence-electron chi connectivity index (χ3n) is 2.39. The molecule has 0 bridgehead atoms. The van der Waals surface area contributed by atoms with Crippen LogP contribution in [0.4, 0.5) is 0 Å². The number of methoxy groups -OCH3 is 1. The molecule has 0 aliphatic rings. The molecule has 2 nitrogen and oxygen atoms in total. The van der Waals surface area contributed by atoms with Crippen LogP contribution in [0.15, 0.2) is 24.3 Å². The van der Waals surface area contributed by atoms with Crippen molar-refractivity contribution in [3.8, 4) is 11.2 Å². The van der Waals surface area contributed by atoms with Crippen molar-refractivity contribution in [3.05, 3.63) is 29.8 Å². The van der Waals surface area contributed by atoms with Crippen LogP contribution in [-0.4, -0.2) is 12.9 Å². The topological polar surface area (TPSA) is 33.0 Å². The summed E-state index contributed by atoms with van der Waals surface area (Å²) in [7, 11) is 1.69. The van der Waals surface area contributed by atoms with E-state index in [2.05, 4.69) is 18.4 Å². The molecule has 0 amide bonds. The van der Waals surface area contributed by atoms with E-state index in [4.69, 9.17) is 10.00 Å². The molecule has 0 heterocycles. The standard InChI is InChI=1S/C12H15NOS/c1-10(7-8-15-9-13)11-5-3-4-6-12(11)14-2/h3-6,10H,7-8H2,1-2H3. The number of thiocyanates is 1. The minimum atomic E-state index is 0.432. The Balaban J connectivity index is 2.64. The molecule has 0 saturated carbocycles. The fraction of sp³-hybridized carbons (Fsp3) is 0.417. The van der Waals surface area contributed by atoms with Gasteiger partial charge in [-0.05, 0) is 35.7 Å². The summed E-state index contributed by atoms with van der Waals surface area (Å²) >= 11 is 1.31. The zero-order chi connectivity index (χ0) is 11.1. The van der Waals surface area contributed by atoms with Crippen molar-refractivity contribution in [2.45, 2.75) is 19.3 Å². The van der Waals surface area contributed by atoms with Gasteiger partial charge in [0.25, 0.3) is 0 Å². The molecule has 0 aromatic heterocycles. The molecule has 1 rings (SSSR count). The van der Waals surface area contributed by atoms with Crippen LogP contribution in [0.3, 0.4) is 0 Å².